The number of fused-ring (bicyclic) bond motifs is 1. The maximum absolute atomic E-state index is 13.4. The van der Waals surface area contributed by atoms with Crippen LogP contribution in [0.15, 0.2) is 42.5 Å². The van der Waals surface area contributed by atoms with E-state index in [9.17, 15) is 18.0 Å². The number of methoxy groups -OCH3 is 1. The summed E-state index contributed by atoms with van der Waals surface area (Å²) in [6, 6.07) is 11.5. The van der Waals surface area contributed by atoms with Crippen LogP contribution >= 0.6 is 0 Å². The number of amides is 2. The van der Waals surface area contributed by atoms with E-state index in [1.54, 1.807) is 32.2 Å². The van der Waals surface area contributed by atoms with Crippen molar-refractivity contribution in [2.45, 2.75) is 52.2 Å². The van der Waals surface area contributed by atoms with Gasteiger partial charge in [-0.25, -0.2) is 8.42 Å². The number of rotatable bonds is 12. The lowest BCUT2D eigenvalue weighted by atomic mass is 10.1. The molecule has 0 radical (unpaired) electrons. The molecule has 11 heteroatoms. The molecule has 2 aromatic rings. The molecule has 1 aliphatic heterocycles. The van der Waals surface area contributed by atoms with E-state index in [4.69, 9.17) is 14.2 Å². The number of nitrogens with zero attached hydrogens (tertiary/aromatic N) is 2. The summed E-state index contributed by atoms with van der Waals surface area (Å²) in [7, 11) is -2.06. The van der Waals surface area contributed by atoms with Gasteiger partial charge in [0.25, 0.3) is 0 Å². The number of benzene rings is 2. The number of ether oxygens (including phenoxy) is 3. The van der Waals surface area contributed by atoms with Crippen LogP contribution in [-0.2, 0) is 26.2 Å². The van der Waals surface area contributed by atoms with E-state index in [1.165, 1.54) is 9.21 Å². The summed E-state index contributed by atoms with van der Waals surface area (Å²) in [5.74, 6) is 1.18. The Hall–Kier alpha value is -3.47. The first kappa shape index (κ1) is 29.1. The summed E-state index contributed by atoms with van der Waals surface area (Å²) in [5, 5.41) is 2.86. The zero-order valence-corrected chi connectivity index (χ0v) is 23.4. The average molecular weight is 548 g/mol. The van der Waals surface area contributed by atoms with Crippen molar-refractivity contribution in [3.63, 3.8) is 0 Å². The Bertz CT molecular complexity index is 1230. The van der Waals surface area contributed by atoms with Gasteiger partial charge in [-0.15, -0.1) is 0 Å². The number of carbonyl (C=O) groups excluding carboxylic acids is 2. The molecule has 0 saturated carbocycles. The molecule has 0 bridgehead atoms. The number of anilines is 1. The fraction of sp³-hybridized carbons (Fsp3) is 0.481. The number of hydrogen-bond donors (Lipinski definition) is 1. The second kappa shape index (κ2) is 12.9. The van der Waals surface area contributed by atoms with Crippen molar-refractivity contribution in [3.05, 3.63) is 48.0 Å². The highest BCUT2D eigenvalue weighted by molar-refractivity contribution is 7.92. The molecule has 10 nitrogen and oxygen atoms in total. The summed E-state index contributed by atoms with van der Waals surface area (Å²) >= 11 is 0. The first-order chi connectivity index (χ1) is 18.0. The highest BCUT2D eigenvalue weighted by Crippen LogP contribution is 2.34. The Morgan fingerprint density at radius 2 is 1.76 bits per heavy atom. The first-order valence-corrected chi connectivity index (χ1v) is 14.4. The van der Waals surface area contributed by atoms with Gasteiger partial charge < -0.3 is 24.4 Å². The Balaban J connectivity index is 1.75. The van der Waals surface area contributed by atoms with Crippen LogP contribution in [0, 0.1) is 0 Å². The van der Waals surface area contributed by atoms with E-state index in [2.05, 4.69) is 5.32 Å². The van der Waals surface area contributed by atoms with Crippen LogP contribution in [-0.4, -0.2) is 70.3 Å². The third-order valence-electron chi connectivity index (χ3n) is 6.05. The van der Waals surface area contributed by atoms with Crippen LogP contribution in [0.3, 0.4) is 0 Å². The predicted molar refractivity (Wildman–Crippen MR) is 145 cm³/mol. The van der Waals surface area contributed by atoms with Crippen LogP contribution < -0.4 is 23.8 Å². The minimum Gasteiger partial charge on any atom is -0.497 e. The Labute approximate surface area is 224 Å². The van der Waals surface area contributed by atoms with Crippen LogP contribution in [0.25, 0.3) is 0 Å². The summed E-state index contributed by atoms with van der Waals surface area (Å²) in [5.41, 5.74) is 1.25. The molecule has 0 aliphatic carbocycles. The number of sulfonamides is 1. The molecule has 208 valence electrons. The molecule has 2 aromatic carbocycles. The van der Waals surface area contributed by atoms with E-state index >= 15 is 0 Å². The van der Waals surface area contributed by atoms with Crippen molar-refractivity contribution in [2.24, 2.45) is 0 Å². The van der Waals surface area contributed by atoms with E-state index < -0.39 is 16.1 Å². The van der Waals surface area contributed by atoms with Crippen LogP contribution in [0.1, 0.15) is 39.2 Å². The largest absolute Gasteiger partial charge is 0.497 e. The van der Waals surface area contributed by atoms with Crippen molar-refractivity contribution >= 4 is 27.5 Å². The van der Waals surface area contributed by atoms with Gasteiger partial charge in [-0.3, -0.25) is 13.9 Å². The molecule has 0 saturated heterocycles. The lowest BCUT2D eigenvalue weighted by Crippen LogP contribution is -2.49. The van der Waals surface area contributed by atoms with Gasteiger partial charge in [-0.2, -0.15) is 0 Å². The highest BCUT2D eigenvalue weighted by Gasteiger charge is 2.27. The summed E-state index contributed by atoms with van der Waals surface area (Å²) in [4.78, 5) is 27.7. The fourth-order valence-corrected chi connectivity index (χ4v) is 5.10. The summed E-state index contributed by atoms with van der Waals surface area (Å²) in [6.45, 7) is 6.52. The van der Waals surface area contributed by atoms with E-state index in [0.29, 0.717) is 36.1 Å². The predicted octanol–water partition coefficient (Wildman–Crippen LogP) is 2.95. The first-order valence-electron chi connectivity index (χ1n) is 12.6. The highest BCUT2D eigenvalue weighted by atomic mass is 32.2. The van der Waals surface area contributed by atoms with Crippen LogP contribution in [0.4, 0.5) is 5.69 Å². The minimum atomic E-state index is -3.63. The van der Waals surface area contributed by atoms with Crippen molar-refractivity contribution in [1.29, 1.82) is 0 Å². The topological polar surface area (TPSA) is 114 Å². The third-order valence-corrected chi connectivity index (χ3v) is 7.25. The van der Waals surface area contributed by atoms with Gasteiger partial charge in [0.15, 0.2) is 11.5 Å². The van der Waals surface area contributed by atoms with Gasteiger partial charge >= 0.3 is 0 Å². The Morgan fingerprint density at radius 3 is 2.42 bits per heavy atom. The Morgan fingerprint density at radius 1 is 1.05 bits per heavy atom. The van der Waals surface area contributed by atoms with Crippen molar-refractivity contribution in [2.75, 3.05) is 37.4 Å². The Kier molecular flexibility index (Phi) is 9.84. The van der Waals surface area contributed by atoms with Gasteiger partial charge in [-0.1, -0.05) is 12.1 Å². The smallest absolute Gasteiger partial charge is 0.242 e. The van der Waals surface area contributed by atoms with Gasteiger partial charge in [0.1, 0.15) is 25.0 Å². The molecule has 0 spiro atoms. The monoisotopic (exact) mass is 547 g/mol. The molecule has 3 rings (SSSR count). The number of hydrogen-bond acceptors (Lipinski definition) is 7. The van der Waals surface area contributed by atoms with E-state index in [-0.39, 0.29) is 43.8 Å². The van der Waals surface area contributed by atoms with Crippen LogP contribution in [0.5, 0.6) is 17.2 Å². The normalized spacial score (nSPS) is 13.5. The summed E-state index contributed by atoms with van der Waals surface area (Å²) < 4.78 is 42.9. The number of carbonyl (C=O) groups is 2. The van der Waals surface area contributed by atoms with Gasteiger partial charge in [0.2, 0.25) is 21.8 Å². The molecule has 38 heavy (non-hydrogen) atoms. The SMILES string of the molecule is COc1cccc(CN(C(=O)CCCN(c2ccc3c(c2)OCCO3)S(C)(=O)=O)[C@H](C)C(=O)NC(C)C)c1. The fourth-order valence-electron chi connectivity index (χ4n) is 4.15. The minimum absolute atomic E-state index is 0.0554. The van der Waals surface area contributed by atoms with Crippen LogP contribution in [0.2, 0.25) is 0 Å². The lowest BCUT2D eigenvalue weighted by Gasteiger charge is -2.30. The van der Waals surface area contributed by atoms with Crippen molar-refractivity contribution < 1.29 is 32.2 Å². The van der Waals surface area contributed by atoms with Gasteiger partial charge in [0.05, 0.1) is 19.1 Å². The van der Waals surface area contributed by atoms with Crippen molar-refractivity contribution in [3.8, 4) is 17.2 Å². The molecule has 1 N–H and O–H groups in total. The zero-order chi connectivity index (χ0) is 27.9. The molecule has 0 unspecified atom stereocenters. The second-order valence-electron chi connectivity index (χ2n) is 9.48. The molecule has 2 amide bonds. The standard InChI is InChI=1S/C27H37N3O7S/c1-19(2)28-27(32)20(3)29(18-21-8-6-9-23(16-21)35-4)26(31)10-7-13-30(38(5,33)34)22-11-12-24-25(17-22)37-15-14-36-24/h6,8-9,11-12,16-17,19-20H,7,10,13-15,18H2,1-5H3,(H,28,32)/t20-/m1/s1. The molecule has 0 aromatic heterocycles. The summed E-state index contributed by atoms with van der Waals surface area (Å²) in [6.07, 6.45) is 1.44. The number of nitrogens with one attached hydrogen (secondary N) is 1. The average Bonchev–Trinajstić information content (AvgIpc) is 2.88. The van der Waals surface area contributed by atoms with Crippen molar-refractivity contribution in [1.82, 2.24) is 10.2 Å². The van der Waals surface area contributed by atoms with Gasteiger partial charge in [-0.05, 0) is 57.0 Å². The third kappa shape index (κ3) is 7.77. The van der Waals surface area contributed by atoms with Gasteiger partial charge in [0, 0.05) is 31.6 Å². The van der Waals surface area contributed by atoms with E-state index in [0.717, 1.165) is 11.8 Å². The lowest BCUT2D eigenvalue weighted by molar-refractivity contribution is -0.140. The molecule has 1 aliphatic rings. The molecule has 0 fully saturated rings. The maximum atomic E-state index is 13.4. The maximum Gasteiger partial charge on any atom is 0.242 e. The quantitative estimate of drug-likeness (QED) is 0.435. The zero-order valence-electron chi connectivity index (χ0n) is 22.6. The molecular weight excluding hydrogens is 510 g/mol. The second-order valence-corrected chi connectivity index (χ2v) is 11.4. The molecule has 1 atom stereocenters. The van der Waals surface area contributed by atoms with E-state index in [1.807, 2.05) is 38.1 Å². The molecular formula is C27H37N3O7S. The molecule has 1 heterocycles.